The third-order valence-corrected chi connectivity index (χ3v) is 3.42. The van der Waals surface area contributed by atoms with Gasteiger partial charge in [0.25, 0.3) is 0 Å². The van der Waals surface area contributed by atoms with Crippen molar-refractivity contribution in [2.75, 3.05) is 19.0 Å². The molecule has 0 radical (unpaired) electrons. The zero-order valence-corrected chi connectivity index (χ0v) is 15.3. The molecule has 0 saturated carbocycles. The number of hydrogen-bond acceptors (Lipinski definition) is 5. The number of hydrogen-bond donors (Lipinski definition) is 2. The number of carboxylic acid groups (broad SMARTS) is 1. The molecule has 0 aliphatic rings. The van der Waals surface area contributed by atoms with E-state index in [1.807, 2.05) is 25.1 Å². The molecule has 7 nitrogen and oxygen atoms in total. The van der Waals surface area contributed by atoms with Crippen molar-refractivity contribution >= 4 is 17.7 Å². The lowest BCUT2D eigenvalue weighted by Crippen LogP contribution is -2.43. The minimum atomic E-state index is -1.14. The van der Waals surface area contributed by atoms with Gasteiger partial charge in [-0.25, -0.2) is 9.59 Å². The molecule has 0 fully saturated rings. The number of carbonyl (C=O) groups is 2. The molecule has 25 heavy (non-hydrogen) atoms. The van der Waals surface area contributed by atoms with Crippen molar-refractivity contribution in [2.24, 2.45) is 0 Å². The van der Waals surface area contributed by atoms with Crippen LogP contribution in [0.15, 0.2) is 18.2 Å². The van der Waals surface area contributed by atoms with Crippen LogP contribution in [-0.4, -0.2) is 42.9 Å². The molecule has 0 aromatic heterocycles. The predicted octanol–water partition coefficient (Wildman–Crippen LogP) is 2.53. The Bertz CT molecular complexity index is 672. The van der Waals surface area contributed by atoms with Crippen LogP contribution in [0.3, 0.4) is 0 Å². The van der Waals surface area contributed by atoms with Crippen molar-refractivity contribution in [2.45, 2.75) is 45.3 Å². The normalized spacial score (nSPS) is 12.0. The van der Waals surface area contributed by atoms with Crippen LogP contribution >= 0.6 is 0 Å². The average Bonchev–Trinajstić information content (AvgIpc) is 2.48. The topological polar surface area (TPSA) is 103 Å². The Kier molecular flexibility index (Phi) is 6.80. The van der Waals surface area contributed by atoms with E-state index < -0.39 is 23.7 Å². The first kappa shape index (κ1) is 20.3. The van der Waals surface area contributed by atoms with Crippen molar-refractivity contribution in [3.05, 3.63) is 29.3 Å². The van der Waals surface area contributed by atoms with E-state index in [1.54, 1.807) is 32.9 Å². The van der Waals surface area contributed by atoms with E-state index in [1.165, 1.54) is 0 Å². The Morgan fingerprint density at radius 1 is 1.36 bits per heavy atom. The van der Waals surface area contributed by atoms with Gasteiger partial charge in [0.15, 0.2) is 0 Å². The van der Waals surface area contributed by atoms with Crippen molar-refractivity contribution in [1.82, 2.24) is 5.32 Å². The highest BCUT2D eigenvalue weighted by Crippen LogP contribution is 2.19. The van der Waals surface area contributed by atoms with Crippen LogP contribution in [0, 0.1) is 11.3 Å². The highest BCUT2D eigenvalue weighted by Gasteiger charge is 2.24. The molecule has 1 aromatic carbocycles. The number of nitrogens with one attached hydrogen (secondary N) is 1. The van der Waals surface area contributed by atoms with E-state index in [4.69, 9.17) is 4.74 Å². The fourth-order valence-corrected chi connectivity index (χ4v) is 2.17. The Hall–Kier alpha value is -2.75. The summed E-state index contributed by atoms with van der Waals surface area (Å²) in [5.74, 6) is -1.14. The van der Waals surface area contributed by atoms with Gasteiger partial charge in [0.2, 0.25) is 0 Å². The zero-order valence-electron chi connectivity index (χ0n) is 15.3. The highest BCUT2D eigenvalue weighted by atomic mass is 16.6. The summed E-state index contributed by atoms with van der Waals surface area (Å²) in [6.07, 6.45) is -0.267. The minimum Gasteiger partial charge on any atom is -0.480 e. The zero-order chi connectivity index (χ0) is 19.2. The van der Waals surface area contributed by atoms with E-state index in [0.717, 1.165) is 11.3 Å². The standard InChI is InChI=1S/C18H25N3O4/c1-18(2,3)25-17(24)20-15(16(22)23)9-7-12-6-8-14(21(4)5)10-13(12)11-19/h6,8,10,15H,7,9H2,1-5H3,(H,20,24)(H,22,23). The fourth-order valence-electron chi connectivity index (χ4n) is 2.17. The number of benzene rings is 1. The molecule has 1 unspecified atom stereocenters. The van der Waals surface area contributed by atoms with Gasteiger partial charge in [-0.2, -0.15) is 5.26 Å². The van der Waals surface area contributed by atoms with Gasteiger partial charge in [0, 0.05) is 19.8 Å². The molecule has 0 saturated heterocycles. The van der Waals surface area contributed by atoms with Gasteiger partial charge in [-0.3, -0.25) is 0 Å². The summed E-state index contributed by atoms with van der Waals surface area (Å²) in [5.41, 5.74) is 1.42. The number of aliphatic carboxylic acids is 1. The molecule has 0 aliphatic heterocycles. The number of alkyl carbamates (subject to hydrolysis) is 1. The second kappa shape index (κ2) is 8.38. The number of carboxylic acids is 1. The van der Waals surface area contributed by atoms with Gasteiger partial charge in [-0.1, -0.05) is 6.07 Å². The molecule has 0 heterocycles. The summed E-state index contributed by atoms with van der Waals surface area (Å²) in [6, 6.07) is 6.47. The quantitative estimate of drug-likeness (QED) is 0.820. The number of nitrogens with zero attached hydrogens (tertiary/aromatic N) is 2. The molecular weight excluding hydrogens is 322 g/mol. The van der Waals surface area contributed by atoms with E-state index in [-0.39, 0.29) is 6.42 Å². The van der Waals surface area contributed by atoms with Gasteiger partial charge in [0.05, 0.1) is 11.6 Å². The van der Waals surface area contributed by atoms with E-state index in [2.05, 4.69) is 11.4 Å². The summed E-state index contributed by atoms with van der Waals surface area (Å²) in [5, 5.41) is 21.0. The summed E-state index contributed by atoms with van der Waals surface area (Å²) in [7, 11) is 3.75. The summed E-state index contributed by atoms with van der Waals surface area (Å²) < 4.78 is 5.09. The van der Waals surface area contributed by atoms with Gasteiger partial charge in [-0.05, 0) is 51.3 Å². The Balaban J connectivity index is 2.80. The van der Waals surface area contributed by atoms with Crippen LogP contribution in [-0.2, 0) is 16.0 Å². The maximum Gasteiger partial charge on any atom is 0.408 e. The lowest BCUT2D eigenvalue weighted by atomic mass is 10.00. The number of ether oxygens (including phenoxy) is 1. The number of rotatable bonds is 6. The number of carbonyl (C=O) groups excluding carboxylic acids is 1. The largest absolute Gasteiger partial charge is 0.480 e. The number of aryl methyl sites for hydroxylation is 1. The van der Waals surface area contributed by atoms with E-state index in [0.29, 0.717) is 12.0 Å². The third-order valence-electron chi connectivity index (χ3n) is 3.42. The minimum absolute atomic E-state index is 0.157. The molecular formula is C18H25N3O4. The Morgan fingerprint density at radius 3 is 2.48 bits per heavy atom. The molecule has 1 rings (SSSR count). The van der Waals surface area contributed by atoms with Crippen LogP contribution in [0.5, 0.6) is 0 Å². The number of nitriles is 1. The van der Waals surface area contributed by atoms with Gasteiger partial charge in [-0.15, -0.1) is 0 Å². The first-order chi connectivity index (χ1) is 11.5. The molecule has 0 bridgehead atoms. The van der Waals surface area contributed by atoms with Crippen molar-refractivity contribution in [3.63, 3.8) is 0 Å². The molecule has 7 heteroatoms. The van der Waals surface area contributed by atoms with E-state index >= 15 is 0 Å². The van der Waals surface area contributed by atoms with Crippen LogP contribution < -0.4 is 10.2 Å². The lowest BCUT2D eigenvalue weighted by molar-refractivity contribution is -0.139. The SMILES string of the molecule is CN(C)c1ccc(CCC(NC(=O)OC(C)(C)C)C(=O)O)c(C#N)c1. The van der Waals surface area contributed by atoms with Crippen molar-refractivity contribution in [1.29, 1.82) is 5.26 Å². The first-order valence-corrected chi connectivity index (χ1v) is 7.96. The van der Waals surface area contributed by atoms with Gasteiger partial charge >= 0.3 is 12.1 Å². The number of amides is 1. The van der Waals surface area contributed by atoms with Crippen LogP contribution in [0.4, 0.5) is 10.5 Å². The average molecular weight is 347 g/mol. The van der Waals surface area contributed by atoms with Crippen molar-refractivity contribution in [3.8, 4) is 6.07 Å². The highest BCUT2D eigenvalue weighted by molar-refractivity contribution is 5.80. The van der Waals surface area contributed by atoms with Gasteiger partial charge < -0.3 is 20.1 Å². The predicted molar refractivity (Wildman–Crippen MR) is 94.6 cm³/mol. The molecule has 1 amide bonds. The first-order valence-electron chi connectivity index (χ1n) is 7.96. The van der Waals surface area contributed by atoms with E-state index in [9.17, 15) is 20.0 Å². The smallest absolute Gasteiger partial charge is 0.408 e. The lowest BCUT2D eigenvalue weighted by Gasteiger charge is -2.22. The number of anilines is 1. The fraction of sp³-hybridized carbons (Fsp3) is 0.500. The monoisotopic (exact) mass is 347 g/mol. The summed E-state index contributed by atoms with van der Waals surface area (Å²) in [6.45, 7) is 5.11. The molecule has 0 aliphatic carbocycles. The second-order valence-corrected chi connectivity index (χ2v) is 6.92. The van der Waals surface area contributed by atoms with Crippen molar-refractivity contribution < 1.29 is 19.4 Å². The maximum absolute atomic E-state index is 11.8. The van der Waals surface area contributed by atoms with Crippen LogP contribution in [0.1, 0.15) is 38.3 Å². The van der Waals surface area contributed by atoms with Crippen LogP contribution in [0.25, 0.3) is 0 Å². The molecule has 1 atom stereocenters. The third kappa shape index (κ3) is 6.71. The van der Waals surface area contributed by atoms with Gasteiger partial charge in [0.1, 0.15) is 11.6 Å². The maximum atomic E-state index is 11.8. The Labute approximate surface area is 148 Å². The molecule has 136 valence electrons. The summed E-state index contributed by atoms with van der Waals surface area (Å²) in [4.78, 5) is 25.0. The summed E-state index contributed by atoms with van der Waals surface area (Å²) >= 11 is 0. The second-order valence-electron chi connectivity index (χ2n) is 6.92. The molecule has 2 N–H and O–H groups in total. The molecule has 1 aromatic rings. The molecule has 0 spiro atoms. The Morgan fingerprint density at radius 2 is 2.00 bits per heavy atom. The van der Waals surface area contributed by atoms with Crippen LogP contribution in [0.2, 0.25) is 0 Å².